The summed E-state index contributed by atoms with van der Waals surface area (Å²) in [6.45, 7) is 4.10. The molecule has 2 aromatic carbocycles. The van der Waals surface area contributed by atoms with E-state index in [9.17, 15) is 5.11 Å². The molecule has 27 heavy (non-hydrogen) atoms. The second-order valence-corrected chi connectivity index (χ2v) is 8.86. The van der Waals surface area contributed by atoms with Gasteiger partial charge in [0.05, 0.1) is 0 Å². The Morgan fingerprint density at radius 2 is 1.63 bits per heavy atom. The van der Waals surface area contributed by atoms with Crippen LogP contribution in [0.25, 0.3) is 0 Å². The fraction of sp³-hybridized carbons (Fsp3) is 0.440. The van der Waals surface area contributed by atoms with Gasteiger partial charge in [-0.15, -0.1) is 0 Å². The van der Waals surface area contributed by atoms with Crippen LogP contribution in [0.15, 0.2) is 53.0 Å². The zero-order valence-corrected chi connectivity index (χ0v) is 17.9. The first-order valence-corrected chi connectivity index (χ1v) is 10.9. The number of rotatable bonds is 4. The lowest BCUT2D eigenvalue weighted by Gasteiger charge is -2.35. The molecule has 1 saturated carbocycles. The Balaban J connectivity index is 1.60. The summed E-state index contributed by atoms with van der Waals surface area (Å²) in [4.78, 5) is 0. The highest BCUT2D eigenvalue weighted by Gasteiger charge is 2.34. The molecule has 0 saturated heterocycles. The first-order chi connectivity index (χ1) is 13.0. The average molecular weight is 425 g/mol. The van der Waals surface area contributed by atoms with Gasteiger partial charge in [0.1, 0.15) is 5.60 Å². The van der Waals surface area contributed by atoms with Crippen LogP contribution in [0.1, 0.15) is 68.6 Å². The van der Waals surface area contributed by atoms with E-state index in [-0.39, 0.29) is 5.92 Å². The molecule has 1 unspecified atom stereocenters. The van der Waals surface area contributed by atoms with Gasteiger partial charge in [0.2, 0.25) is 0 Å². The smallest absolute Gasteiger partial charge is 0.125 e. The minimum absolute atomic E-state index is 0.246. The van der Waals surface area contributed by atoms with E-state index in [0.717, 1.165) is 42.1 Å². The van der Waals surface area contributed by atoms with Crippen LogP contribution in [0, 0.1) is 17.8 Å². The van der Waals surface area contributed by atoms with Crippen LogP contribution < -0.4 is 0 Å². The third-order valence-corrected chi connectivity index (χ3v) is 6.34. The maximum absolute atomic E-state index is 10.9. The maximum Gasteiger partial charge on any atom is 0.125 e. The SMILES string of the molecule is CCCc1ccc(C2CCC(C(C)(O)C#Cc3ccc(Br)cc3)CC2)cc1. The lowest BCUT2D eigenvalue weighted by Crippen LogP contribution is -2.35. The van der Waals surface area contributed by atoms with Crippen molar-refractivity contribution in [2.45, 2.75) is 63.9 Å². The largest absolute Gasteiger partial charge is 0.378 e. The first kappa shape index (κ1) is 20.2. The molecule has 1 aliphatic carbocycles. The van der Waals surface area contributed by atoms with E-state index in [0.29, 0.717) is 5.92 Å². The van der Waals surface area contributed by atoms with Crippen LogP contribution in [0.3, 0.4) is 0 Å². The van der Waals surface area contributed by atoms with Crippen LogP contribution in [0.4, 0.5) is 0 Å². The fourth-order valence-electron chi connectivity index (χ4n) is 4.07. The predicted molar refractivity (Wildman–Crippen MR) is 117 cm³/mol. The van der Waals surface area contributed by atoms with Gasteiger partial charge < -0.3 is 5.11 Å². The van der Waals surface area contributed by atoms with Crippen molar-refractivity contribution in [1.29, 1.82) is 0 Å². The minimum atomic E-state index is -0.928. The van der Waals surface area contributed by atoms with E-state index in [1.165, 1.54) is 17.5 Å². The van der Waals surface area contributed by atoms with Crippen molar-refractivity contribution >= 4 is 15.9 Å². The lowest BCUT2D eigenvalue weighted by atomic mass is 9.72. The highest BCUT2D eigenvalue weighted by molar-refractivity contribution is 9.10. The quantitative estimate of drug-likeness (QED) is 0.556. The van der Waals surface area contributed by atoms with Crippen molar-refractivity contribution in [3.8, 4) is 11.8 Å². The van der Waals surface area contributed by atoms with E-state index < -0.39 is 5.60 Å². The standard InChI is InChI=1S/C25H29BrO/c1-3-4-19-5-9-21(10-6-19)22-11-13-23(14-12-22)25(2,27)18-17-20-7-15-24(26)16-8-20/h5-10,15-16,22-23,27H,3-4,11-14H2,1-2H3. The van der Waals surface area contributed by atoms with Crippen LogP contribution in [-0.4, -0.2) is 10.7 Å². The predicted octanol–water partition coefficient (Wildman–Crippen LogP) is 6.48. The maximum atomic E-state index is 10.9. The fourth-order valence-corrected chi connectivity index (χ4v) is 4.33. The lowest BCUT2D eigenvalue weighted by molar-refractivity contribution is 0.0339. The van der Waals surface area contributed by atoms with E-state index in [1.54, 1.807) is 0 Å². The monoisotopic (exact) mass is 424 g/mol. The Morgan fingerprint density at radius 3 is 2.22 bits per heavy atom. The van der Waals surface area contributed by atoms with E-state index in [4.69, 9.17) is 0 Å². The van der Waals surface area contributed by atoms with Gasteiger partial charge in [0.15, 0.2) is 0 Å². The second-order valence-electron chi connectivity index (χ2n) is 7.94. The molecule has 0 aliphatic heterocycles. The van der Waals surface area contributed by atoms with Crippen molar-refractivity contribution < 1.29 is 5.11 Å². The molecular weight excluding hydrogens is 396 g/mol. The molecule has 0 spiro atoms. The van der Waals surface area contributed by atoms with Crippen LogP contribution in [0.2, 0.25) is 0 Å². The Hall–Kier alpha value is -1.56. The molecule has 2 aromatic rings. The number of hydrogen-bond acceptors (Lipinski definition) is 1. The molecule has 0 radical (unpaired) electrons. The third-order valence-electron chi connectivity index (χ3n) is 5.82. The summed E-state index contributed by atoms with van der Waals surface area (Å²) < 4.78 is 1.04. The molecule has 1 N–H and O–H groups in total. The summed E-state index contributed by atoms with van der Waals surface area (Å²) in [5.41, 5.74) is 2.90. The Morgan fingerprint density at radius 1 is 1.00 bits per heavy atom. The van der Waals surface area contributed by atoms with Crippen molar-refractivity contribution in [1.82, 2.24) is 0 Å². The van der Waals surface area contributed by atoms with Crippen molar-refractivity contribution in [2.24, 2.45) is 5.92 Å². The molecule has 0 heterocycles. The van der Waals surface area contributed by atoms with Crippen molar-refractivity contribution in [2.75, 3.05) is 0 Å². The minimum Gasteiger partial charge on any atom is -0.378 e. The number of benzene rings is 2. The second kappa shape index (κ2) is 9.09. The highest BCUT2D eigenvalue weighted by Crippen LogP contribution is 2.40. The van der Waals surface area contributed by atoms with Crippen LogP contribution in [-0.2, 0) is 6.42 Å². The number of halogens is 1. The Labute approximate surface area is 172 Å². The Bertz CT molecular complexity index is 785. The number of hydrogen-bond donors (Lipinski definition) is 1. The summed E-state index contributed by atoms with van der Waals surface area (Å²) >= 11 is 3.44. The first-order valence-electron chi connectivity index (χ1n) is 10.1. The molecule has 1 atom stereocenters. The molecule has 1 nitrogen and oxygen atoms in total. The van der Waals surface area contributed by atoms with E-state index >= 15 is 0 Å². The van der Waals surface area contributed by atoms with Gasteiger partial charge >= 0.3 is 0 Å². The van der Waals surface area contributed by atoms with E-state index in [2.05, 4.69) is 59.0 Å². The van der Waals surface area contributed by atoms with Crippen molar-refractivity contribution in [3.05, 3.63) is 69.7 Å². The molecule has 1 aliphatic rings. The molecule has 2 heteroatoms. The van der Waals surface area contributed by atoms with Gasteiger partial charge in [-0.05, 0) is 86.3 Å². The average Bonchev–Trinajstić information content (AvgIpc) is 2.69. The molecular formula is C25H29BrO. The summed E-state index contributed by atoms with van der Waals surface area (Å²) in [5, 5.41) is 10.9. The molecule has 3 rings (SSSR count). The molecule has 1 fully saturated rings. The number of aryl methyl sites for hydroxylation is 1. The highest BCUT2D eigenvalue weighted by atomic mass is 79.9. The normalized spacial score (nSPS) is 21.8. The number of aliphatic hydroxyl groups is 1. The van der Waals surface area contributed by atoms with Gasteiger partial charge in [-0.25, -0.2) is 0 Å². The topological polar surface area (TPSA) is 20.2 Å². The van der Waals surface area contributed by atoms with Crippen LogP contribution in [0.5, 0.6) is 0 Å². The van der Waals surface area contributed by atoms with Gasteiger partial charge in [-0.1, -0.05) is 65.4 Å². The van der Waals surface area contributed by atoms with Gasteiger partial charge in [-0.2, -0.15) is 0 Å². The zero-order chi connectivity index (χ0) is 19.3. The summed E-state index contributed by atoms with van der Waals surface area (Å²) in [5.74, 6) is 7.14. The third kappa shape index (κ3) is 5.47. The van der Waals surface area contributed by atoms with Gasteiger partial charge in [0.25, 0.3) is 0 Å². The Kier molecular flexibility index (Phi) is 6.79. The molecule has 0 aromatic heterocycles. The van der Waals surface area contributed by atoms with Crippen molar-refractivity contribution in [3.63, 3.8) is 0 Å². The molecule has 0 amide bonds. The van der Waals surface area contributed by atoms with Gasteiger partial charge in [0, 0.05) is 10.0 Å². The molecule has 0 bridgehead atoms. The van der Waals surface area contributed by atoms with Gasteiger partial charge in [-0.3, -0.25) is 0 Å². The zero-order valence-electron chi connectivity index (χ0n) is 16.3. The van der Waals surface area contributed by atoms with Crippen LogP contribution >= 0.6 is 15.9 Å². The summed E-state index contributed by atoms with van der Waals surface area (Å²) in [6, 6.07) is 17.1. The summed E-state index contributed by atoms with van der Waals surface area (Å²) in [6.07, 6.45) is 6.68. The van der Waals surface area contributed by atoms with E-state index in [1.807, 2.05) is 31.2 Å². The molecule has 142 valence electrons. The summed E-state index contributed by atoms with van der Waals surface area (Å²) in [7, 11) is 0.